The van der Waals surface area contributed by atoms with Gasteiger partial charge in [0.2, 0.25) is 5.95 Å². The Morgan fingerprint density at radius 2 is 2.00 bits per heavy atom. The van der Waals surface area contributed by atoms with Crippen molar-refractivity contribution in [3.05, 3.63) is 53.1 Å². The summed E-state index contributed by atoms with van der Waals surface area (Å²) in [6, 6.07) is 7.28. The smallest absolute Gasteiger partial charge is 0.272 e. The van der Waals surface area contributed by atoms with Crippen molar-refractivity contribution in [2.45, 2.75) is 25.9 Å². The fraction of sp³-hybridized carbons (Fsp3) is 0.389. The zero-order valence-electron chi connectivity index (χ0n) is 15.1. The summed E-state index contributed by atoms with van der Waals surface area (Å²) in [7, 11) is -1.49. The molecular weight excluding hydrogens is 371 g/mol. The lowest BCUT2D eigenvalue weighted by molar-refractivity contribution is 0.0741. The van der Waals surface area contributed by atoms with Gasteiger partial charge in [0.05, 0.1) is 11.5 Å². The highest BCUT2D eigenvalue weighted by Crippen LogP contribution is 2.19. The number of aryl methyl sites for hydroxylation is 1. The summed E-state index contributed by atoms with van der Waals surface area (Å²) < 4.78 is 36.3. The predicted molar refractivity (Wildman–Crippen MR) is 99.6 cm³/mol. The van der Waals surface area contributed by atoms with Gasteiger partial charge < -0.3 is 10.2 Å². The van der Waals surface area contributed by atoms with Crippen LogP contribution in [0.2, 0.25) is 0 Å². The van der Waals surface area contributed by atoms with Crippen LogP contribution in [0.1, 0.15) is 28.2 Å². The molecule has 1 saturated heterocycles. The van der Waals surface area contributed by atoms with Gasteiger partial charge in [-0.2, -0.15) is 0 Å². The van der Waals surface area contributed by atoms with Crippen molar-refractivity contribution in [2.75, 3.05) is 23.9 Å². The quantitative estimate of drug-likeness (QED) is 0.834. The normalized spacial score (nSPS) is 18.3. The number of nitrogens with one attached hydrogen (secondary N) is 1. The molecule has 1 fully saturated rings. The first-order valence-corrected chi connectivity index (χ1v) is 10.4. The van der Waals surface area contributed by atoms with Gasteiger partial charge >= 0.3 is 0 Å². The molecule has 1 atom stereocenters. The second-order valence-corrected chi connectivity index (χ2v) is 8.90. The minimum atomic E-state index is -3.08. The molecule has 0 bridgehead atoms. The van der Waals surface area contributed by atoms with Gasteiger partial charge in [-0.25, -0.2) is 22.8 Å². The second kappa shape index (κ2) is 7.59. The minimum absolute atomic E-state index is 0.0189. The van der Waals surface area contributed by atoms with Crippen molar-refractivity contribution in [1.29, 1.82) is 0 Å². The van der Waals surface area contributed by atoms with Crippen LogP contribution in [-0.4, -0.2) is 53.8 Å². The van der Waals surface area contributed by atoms with Crippen LogP contribution in [0.3, 0.4) is 0 Å². The van der Waals surface area contributed by atoms with Gasteiger partial charge in [0.25, 0.3) is 5.91 Å². The number of rotatable bonds is 5. The molecule has 7 nitrogen and oxygen atoms in total. The predicted octanol–water partition coefficient (Wildman–Crippen LogP) is 1.80. The number of halogens is 1. The monoisotopic (exact) mass is 392 g/mol. The highest BCUT2D eigenvalue weighted by atomic mass is 32.2. The van der Waals surface area contributed by atoms with E-state index in [4.69, 9.17) is 0 Å². The molecule has 1 aliphatic rings. The van der Waals surface area contributed by atoms with E-state index >= 15 is 0 Å². The molecule has 1 aliphatic heterocycles. The number of carbonyl (C=O) groups is 1. The maximum absolute atomic E-state index is 13.0. The Bertz CT molecular complexity index is 948. The first kappa shape index (κ1) is 19.2. The van der Waals surface area contributed by atoms with E-state index in [-0.39, 0.29) is 40.9 Å². The number of hydrogen-bond acceptors (Lipinski definition) is 6. The summed E-state index contributed by atoms with van der Waals surface area (Å²) in [5.41, 5.74) is 1.67. The summed E-state index contributed by atoms with van der Waals surface area (Å²) >= 11 is 0. The first-order chi connectivity index (χ1) is 12.7. The Morgan fingerprint density at radius 1 is 1.30 bits per heavy atom. The molecule has 0 radical (unpaired) electrons. The second-order valence-electron chi connectivity index (χ2n) is 6.67. The molecule has 0 spiro atoms. The van der Waals surface area contributed by atoms with Crippen LogP contribution < -0.4 is 5.32 Å². The van der Waals surface area contributed by atoms with Crippen LogP contribution in [0.5, 0.6) is 0 Å². The van der Waals surface area contributed by atoms with Gasteiger partial charge in [-0.05, 0) is 37.1 Å². The SMILES string of the molecule is Cc1cc(C(=O)N(C)C2CCS(=O)(=O)C2)nc(NCc2ccc(F)cc2)n1. The Labute approximate surface area is 157 Å². The van der Waals surface area contributed by atoms with Crippen LogP contribution in [0.4, 0.5) is 10.3 Å². The molecule has 144 valence electrons. The Morgan fingerprint density at radius 3 is 2.63 bits per heavy atom. The van der Waals surface area contributed by atoms with Crippen molar-refractivity contribution in [3.8, 4) is 0 Å². The Kier molecular flexibility index (Phi) is 5.41. The molecule has 2 heterocycles. The van der Waals surface area contributed by atoms with Crippen LogP contribution >= 0.6 is 0 Å². The van der Waals surface area contributed by atoms with Gasteiger partial charge in [-0.1, -0.05) is 12.1 Å². The summed E-state index contributed by atoms with van der Waals surface area (Å²) in [5.74, 6) is -0.282. The lowest BCUT2D eigenvalue weighted by Gasteiger charge is -2.23. The molecule has 3 rings (SSSR count). The first-order valence-electron chi connectivity index (χ1n) is 8.55. The molecule has 0 aliphatic carbocycles. The zero-order valence-corrected chi connectivity index (χ0v) is 16.0. The number of benzene rings is 1. The summed E-state index contributed by atoms with van der Waals surface area (Å²) in [5, 5.41) is 3.03. The number of anilines is 1. The number of sulfone groups is 1. The van der Waals surface area contributed by atoms with E-state index in [0.717, 1.165) is 5.56 Å². The molecule has 27 heavy (non-hydrogen) atoms. The van der Waals surface area contributed by atoms with Crippen LogP contribution in [-0.2, 0) is 16.4 Å². The number of aromatic nitrogens is 2. The Balaban J connectivity index is 1.72. The van der Waals surface area contributed by atoms with E-state index in [0.29, 0.717) is 18.7 Å². The van der Waals surface area contributed by atoms with Gasteiger partial charge in [-0.3, -0.25) is 4.79 Å². The fourth-order valence-electron chi connectivity index (χ4n) is 2.97. The molecule has 2 aromatic rings. The molecule has 1 N–H and O–H groups in total. The van der Waals surface area contributed by atoms with Crippen molar-refractivity contribution >= 4 is 21.7 Å². The number of nitrogens with zero attached hydrogens (tertiary/aromatic N) is 3. The van der Waals surface area contributed by atoms with E-state index in [9.17, 15) is 17.6 Å². The van der Waals surface area contributed by atoms with Crippen LogP contribution in [0, 0.1) is 12.7 Å². The topological polar surface area (TPSA) is 92.3 Å². The van der Waals surface area contributed by atoms with Crippen LogP contribution in [0.25, 0.3) is 0 Å². The maximum atomic E-state index is 13.0. The molecule has 1 amide bonds. The summed E-state index contributed by atoms with van der Waals surface area (Å²) in [6.07, 6.45) is 0.435. The molecule has 1 unspecified atom stereocenters. The van der Waals surface area contributed by atoms with Gasteiger partial charge in [0.1, 0.15) is 11.5 Å². The number of hydrogen-bond donors (Lipinski definition) is 1. The van der Waals surface area contributed by atoms with Gasteiger partial charge in [-0.15, -0.1) is 0 Å². The highest BCUT2D eigenvalue weighted by molar-refractivity contribution is 7.91. The third kappa shape index (κ3) is 4.79. The highest BCUT2D eigenvalue weighted by Gasteiger charge is 2.33. The third-order valence-electron chi connectivity index (χ3n) is 4.51. The van der Waals surface area contributed by atoms with Crippen molar-refractivity contribution in [2.24, 2.45) is 0 Å². The van der Waals surface area contributed by atoms with Crippen molar-refractivity contribution in [1.82, 2.24) is 14.9 Å². The molecular formula is C18H21FN4O3S. The van der Waals surface area contributed by atoms with Gasteiger partial charge in [0, 0.05) is 25.3 Å². The summed E-state index contributed by atoms with van der Waals surface area (Å²) in [6.45, 7) is 2.13. The van der Waals surface area contributed by atoms with Crippen LogP contribution in [0.15, 0.2) is 30.3 Å². The lowest BCUT2D eigenvalue weighted by Crippen LogP contribution is -2.38. The average molecular weight is 392 g/mol. The molecule has 9 heteroatoms. The van der Waals surface area contributed by atoms with E-state index in [1.807, 2.05) is 0 Å². The number of carbonyl (C=O) groups excluding carboxylic acids is 1. The summed E-state index contributed by atoms with van der Waals surface area (Å²) in [4.78, 5) is 22.7. The molecule has 0 saturated carbocycles. The largest absolute Gasteiger partial charge is 0.350 e. The average Bonchev–Trinajstić information content (AvgIpc) is 2.99. The van der Waals surface area contributed by atoms with E-state index in [1.165, 1.54) is 17.0 Å². The molecule has 1 aromatic carbocycles. The standard InChI is InChI=1S/C18H21FN4O3S/c1-12-9-16(17(24)23(2)15-7-8-27(25,26)11-15)22-18(21-12)20-10-13-3-5-14(19)6-4-13/h3-6,9,15H,7-8,10-11H2,1-2H3,(H,20,21,22). The van der Waals surface area contributed by atoms with Gasteiger partial charge in [0.15, 0.2) is 9.84 Å². The zero-order chi connectivity index (χ0) is 19.6. The lowest BCUT2D eigenvalue weighted by atomic mass is 10.2. The molecule has 1 aromatic heterocycles. The third-order valence-corrected chi connectivity index (χ3v) is 6.26. The van der Waals surface area contributed by atoms with Crippen molar-refractivity contribution < 1.29 is 17.6 Å². The Hall–Kier alpha value is -2.55. The number of amides is 1. The van der Waals surface area contributed by atoms with E-state index in [2.05, 4.69) is 15.3 Å². The maximum Gasteiger partial charge on any atom is 0.272 e. The van der Waals surface area contributed by atoms with E-state index in [1.54, 1.807) is 32.2 Å². The van der Waals surface area contributed by atoms with E-state index < -0.39 is 9.84 Å². The fourth-order valence-corrected chi connectivity index (χ4v) is 4.74. The minimum Gasteiger partial charge on any atom is -0.350 e. The van der Waals surface area contributed by atoms with Crippen molar-refractivity contribution in [3.63, 3.8) is 0 Å².